The Hall–Kier alpha value is -2.29. The van der Waals surface area contributed by atoms with Crippen LogP contribution in [0.15, 0.2) is 12.1 Å². The molecule has 0 saturated heterocycles. The zero-order valence-electron chi connectivity index (χ0n) is 11.0. The van der Waals surface area contributed by atoms with Gasteiger partial charge in [0.2, 0.25) is 0 Å². The minimum Gasteiger partial charge on any atom is -0.305 e. The molecule has 1 aliphatic rings. The molecule has 4 nitrogen and oxygen atoms in total. The molecule has 0 aliphatic carbocycles. The Morgan fingerprint density at radius 3 is 2.45 bits per heavy atom. The van der Waals surface area contributed by atoms with Crippen molar-refractivity contribution in [3.63, 3.8) is 0 Å². The molecule has 0 radical (unpaired) electrons. The van der Waals surface area contributed by atoms with Crippen LogP contribution in [0.25, 0.3) is 0 Å². The van der Waals surface area contributed by atoms with Gasteiger partial charge in [0.25, 0.3) is 11.7 Å². The zero-order chi connectivity index (χ0) is 15.1. The Morgan fingerprint density at radius 1 is 1.25 bits per heavy atom. The fourth-order valence-corrected chi connectivity index (χ4v) is 1.96. The van der Waals surface area contributed by atoms with Gasteiger partial charge in [0.1, 0.15) is 0 Å². The number of anilines is 1. The first-order valence-corrected chi connectivity index (χ1v) is 6.03. The SMILES string of the molecule is CC(C)(C#N)CCN1C(=O)C(=O)c2cc(F)c(F)cc21. The van der Waals surface area contributed by atoms with Crippen molar-refractivity contribution in [3.8, 4) is 6.07 Å². The summed E-state index contributed by atoms with van der Waals surface area (Å²) in [6, 6.07) is 3.66. The predicted molar refractivity (Wildman–Crippen MR) is 67.1 cm³/mol. The van der Waals surface area contributed by atoms with Crippen molar-refractivity contribution in [1.82, 2.24) is 0 Å². The minimum atomic E-state index is -1.16. The van der Waals surface area contributed by atoms with Crippen molar-refractivity contribution in [2.24, 2.45) is 5.41 Å². The van der Waals surface area contributed by atoms with E-state index in [4.69, 9.17) is 5.26 Å². The van der Waals surface area contributed by atoms with Gasteiger partial charge < -0.3 is 4.90 Å². The molecule has 0 saturated carbocycles. The van der Waals surface area contributed by atoms with Crippen LogP contribution in [0.1, 0.15) is 30.6 Å². The second kappa shape index (κ2) is 4.67. The lowest BCUT2D eigenvalue weighted by atomic mass is 9.91. The number of nitriles is 1. The molecular formula is C14H12F2N2O2. The highest BCUT2D eigenvalue weighted by atomic mass is 19.2. The van der Waals surface area contributed by atoms with Gasteiger partial charge in [-0.2, -0.15) is 5.26 Å². The van der Waals surface area contributed by atoms with Gasteiger partial charge in [-0.05, 0) is 26.3 Å². The number of carbonyl (C=O) groups excluding carboxylic acids is 2. The summed E-state index contributed by atoms with van der Waals surface area (Å²) in [6.45, 7) is 3.49. The van der Waals surface area contributed by atoms with Crippen molar-refractivity contribution < 1.29 is 18.4 Å². The van der Waals surface area contributed by atoms with Crippen LogP contribution in [0.2, 0.25) is 0 Å². The van der Waals surface area contributed by atoms with Gasteiger partial charge in [-0.15, -0.1) is 0 Å². The number of Topliss-reactive ketones (excluding diaryl/α,β-unsaturated/α-hetero) is 1. The molecule has 1 heterocycles. The molecule has 1 aromatic rings. The van der Waals surface area contributed by atoms with E-state index >= 15 is 0 Å². The number of hydrogen-bond acceptors (Lipinski definition) is 3. The first-order valence-electron chi connectivity index (χ1n) is 6.03. The topological polar surface area (TPSA) is 61.2 Å². The van der Waals surface area contributed by atoms with E-state index in [0.29, 0.717) is 6.42 Å². The van der Waals surface area contributed by atoms with Crippen LogP contribution in [0.3, 0.4) is 0 Å². The lowest BCUT2D eigenvalue weighted by molar-refractivity contribution is -0.114. The quantitative estimate of drug-likeness (QED) is 0.798. The van der Waals surface area contributed by atoms with Crippen LogP contribution < -0.4 is 4.90 Å². The molecule has 1 aromatic carbocycles. The Balaban J connectivity index is 2.34. The fourth-order valence-electron chi connectivity index (χ4n) is 1.96. The van der Waals surface area contributed by atoms with Gasteiger partial charge in [0.05, 0.1) is 22.7 Å². The smallest absolute Gasteiger partial charge is 0.299 e. The summed E-state index contributed by atoms with van der Waals surface area (Å²) in [5.41, 5.74) is -0.749. The number of amides is 1. The third-order valence-corrected chi connectivity index (χ3v) is 3.28. The third-order valence-electron chi connectivity index (χ3n) is 3.28. The Kier molecular flexibility index (Phi) is 3.30. The summed E-state index contributed by atoms with van der Waals surface area (Å²) < 4.78 is 26.4. The lowest BCUT2D eigenvalue weighted by Crippen LogP contribution is -2.32. The summed E-state index contributed by atoms with van der Waals surface area (Å²) in [4.78, 5) is 24.7. The number of nitrogens with zero attached hydrogens (tertiary/aromatic N) is 2. The van der Waals surface area contributed by atoms with E-state index in [9.17, 15) is 18.4 Å². The van der Waals surface area contributed by atoms with Crippen LogP contribution in [0.4, 0.5) is 14.5 Å². The normalized spacial score (nSPS) is 14.4. The summed E-state index contributed by atoms with van der Waals surface area (Å²) >= 11 is 0. The highest BCUT2D eigenvalue weighted by Gasteiger charge is 2.37. The first kappa shape index (κ1) is 14.1. The third kappa shape index (κ3) is 2.27. The first-order chi connectivity index (χ1) is 9.26. The highest BCUT2D eigenvalue weighted by Crippen LogP contribution is 2.32. The Bertz CT molecular complexity index is 647. The van der Waals surface area contributed by atoms with Crippen molar-refractivity contribution in [3.05, 3.63) is 29.3 Å². The number of halogens is 2. The number of fused-ring (bicyclic) bond motifs is 1. The van der Waals surface area contributed by atoms with Gasteiger partial charge in [0, 0.05) is 12.6 Å². The van der Waals surface area contributed by atoms with Crippen LogP contribution in [-0.2, 0) is 4.79 Å². The molecule has 0 bridgehead atoms. The van der Waals surface area contributed by atoms with Gasteiger partial charge in [0.15, 0.2) is 11.6 Å². The number of ketones is 1. The molecule has 6 heteroatoms. The molecule has 0 fully saturated rings. The predicted octanol–water partition coefficient (Wildman–Crippen LogP) is 2.43. The number of rotatable bonds is 3. The molecule has 20 heavy (non-hydrogen) atoms. The molecule has 0 spiro atoms. The van der Waals surface area contributed by atoms with Crippen molar-refractivity contribution >= 4 is 17.4 Å². The van der Waals surface area contributed by atoms with E-state index in [1.54, 1.807) is 13.8 Å². The molecule has 2 rings (SSSR count). The minimum absolute atomic E-state index is 0.0626. The molecular weight excluding hydrogens is 266 g/mol. The second-order valence-corrected chi connectivity index (χ2v) is 5.32. The van der Waals surface area contributed by atoms with E-state index in [1.807, 2.05) is 0 Å². The van der Waals surface area contributed by atoms with Crippen LogP contribution in [-0.4, -0.2) is 18.2 Å². The monoisotopic (exact) mass is 278 g/mol. The maximum Gasteiger partial charge on any atom is 0.299 e. The summed E-state index contributed by atoms with van der Waals surface area (Å²) in [5.74, 6) is -3.95. The van der Waals surface area contributed by atoms with E-state index in [-0.39, 0.29) is 17.8 Å². The van der Waals surface area contributed by atoms with E-state index in [2.05, 4.69) is 6.07 Å². The van der Waals surface area contributed by atoms with E-state index in [0.717, 1.165) is 17.0 Å². The summed E-state index contributed by atoms with van der Waals surface area (Å²) in [5, 5.41) is 8.93. The highest BCUT2D eigenvalue weighted by molar-refractivity contribution is 6.52. The van der Waals surface area contributed by atoms with Gasteiger partial charge >= 0.3 is 0 Å². The molecule has 104 valence electrons. The van der Waals surface area contributed by atoms with Crippen molar-refractivity contribution in [2.45, 2.75) is 20.3 Å². The van der Waals surface area contributed by atoms with Gasteiger partial charge in [-0.3, -0.25) is 9.59 Å². The van der Waals surface area contributed by atoms with Crippen LogP contribution in [0, 0.1) is 28.4 Å². The standard InChI is InChI=1S/C14H12F2N2O2/c1-14(2,7-17)3-4-18-11-6-10(16)9(15)5-8(11)12(19)13(18)20/h5-6H,3-4H2,1-2H3. The number of benzene rings is 1. The molecule has 0 atom stereocenters. The zero-order valence-corrected chi connectivity index (χ0v) is 11.0. The van der Waals surface area contributed by atoms with Crippen molar-refractivity contribution in [2.75, 3.05) is 11.4 Å². The van der Waals surface area contributed by atoms with E-state index in [1.165, 1.54) is 0 Å². The lowest BCUT2D eigenvalue weighted by Gasteiger charge is -2.21. The molecule has 0 unspecified atom stereocenters. The number of hydrogen-bond donors (Lipinski definition) is 0. The second-order valence-electron chi connectivity index (χ2n) is 5.32. The average molecular weight is 278 g/mol. The summed E-state index contributed by atoms with van der Waals surface area (Å²) in [7, 11) is 0. The average Bonchev–Trinajstić information content (AvgIpc) is 2.61. The van der Waals surface area contributed by atoms with Gasteiger partial charge in [-0.25, -0.2) is 8.78 Å². The maximum atomic E-state index is 13.3. The maximum absolute atomic E-state index is 13.3. The largest absolute Gasteiger partial charge is 0.305 e. The molecule has 0 aromatic heterocycles. The van der Waals surface area contributed by atoms with Crippen molar-refractivity contribution in [1.29, 1.82) is 5.26 Å². The molecule has 1 aliphatic heterocycles. The molecule has 1 amide bonds. The number of carbonyl (C=O) groups is 2. The van der Waals surface area contributed by atoms with E-state index < -0.39 is 28.7 Å². The van der Waals surface area contributed by atoms with Crippen LogP contribution >= 0.6 is 0 Å². The Morgan fingerprint density at radius 2 is 1.85 bits per heavy atom. The van der Waals surface area contributed by atoms with Crippen LogP contribution in [0.5, 0.6) is 0 Å². The summed E-state index contributed by atoms with van der Waals surface area (Å²) in [6.07, 6.45) is 0.320. The molecule has 0 N–H and O–H groups in total. The Labute approximate surface area is 114 Å². The fraction of sp³-hybridized carbons (Fsp3) is 0.357. The van der Waals surface area contributed by atoms with Gasteiger partial charge in [-0.1, -0.05) is 0 Å².